The molecule has 0 aliphatic rings. The predicted molar refractivity (Wildman–Crippen MR) is 86.5 cm³/mol. The number of rotatable bonds is 6. The van der Waals surface area contributed by atoms with Gasteiger partial charge in [-0.2, -0.15) is 0 Å². The Kier molecular flexibility index (Phi) is 5.92. The minimum atomic E-state index is -0.634. The molecule has 0 saturated heterocycles. The number of hydrogen-bond donors (Lipinski definition) is 1. The number of ether oxygens (including phenoxy) is 3. The summed E-state index contributed by atoms with van der Waals surface area (Å²) in [6.45, 7) is -0.355. The van der Waals surface area contributed by atoms with Crippen LogP contribution in [0.4, 0.5) is 4.39 Å². The molecule has 0 aromatic heterocycles. The molecule has 0 aliphatic heterocycles. The number of halogens is 1. The third-order valence-electron chi connectivity index (χ3n) is 3.23. The number of hydrogen-bond acceptors (Lipinski definition) is 5. The summed E-state index contributed by atoms with van der Waals surface area (Å²) in [6.07, 6.45) is 1.30. The average Bonchev–Trinajstić information content (AvgIpc) is 2.61. The standard InChI is InChI=1S/C18H17FO5/c1-22-16-8-7-12(24-17-6-4-3-5-15(17)19)11-14(16)13(9-10-20)18(21)23-2/h3-9,11,20H,10H2,1-2H3/b13-9+. The van der Waals surface area contributed by atoms with E-state index >= 15 is 0 Å². The van der Waals surface area contributed by atoms with Crippen molar-refractivity contribution < 1.29 is 28.5 Å². The Balaban J connectivity index is 2.45. The highest BCUT2D eigenvalue weighted by Crippen LogP contribution is 2.33. The topological polar surface area (TPSA) is 65.0 Å². The molecule has 126 valence electrons. The second-order valence-electron chi connectivity index (χ2n) is 4.69. The van der Waals surface area contributed by atoms with E-state index in [1.807, 2.05) is 0 Å². The Labute approximate surface area is 138 Å². The summed E-state index contributed by atoms with van der Waals surface area (Å²) in [5, 5.41) is 9.14. The molecule has 0 bridgehead atoms. The fourth-order valence-corrected chi connectivity index (χ4v) is 2.12. The van der Waals surface area contributed by atoms with Crippen molar-refractivity contribution in [1.82, 2.24) is 0 Å². The van der Waals surface area contributed by atoms with Gasteiger partial charge in [0, 0.05) is 5.56 Å². The van der Waals surface area contributed by atoms with Crippen LogP contribution in [-0.4, -0.2) is 31.9 Å². The van der Waals surface area contributed by atoms with Crippen LogP contribution in [0.2, 0.25) is 0 Å². The third-order valence-corrected chi connectivity index (χ3v) is 3.23. The van der Waals surface area contributed by atoms with Gasteiger partial charge in [0.15, 0.2) is 11.6 Å². The lowest BCUT2D eigenvalue weighted by Gasteiger charge is -2.13. The van der Waals surface area contributed by atoms with E-state index in [0.29, 0.717) is 17.1 Å². The van der Waals surface area contributed by atoms with Gasteiger partial charge >= 0.3 is 5.97 Å². The maximum Gasteiger partial charge on any atom is 0.338 e. The van der Waals surface area contributed by atoms with E-state index in [4.69, 9.17) is 19.3 Å². The van der Waals surface area contributed by atoms with Crippen LogP contribution in [0, 0.1) is 5.82 Å². The minimum Gasteiger partial charge on any atom is -0.496 e. The summed E-state index contributed by atoms with van der Waals surface area (Å²) in [6, 6.07) is 10.7. The van der Waals surface area contributed by atoms with Crippen LogP contribution in [-0.2, 0) is 9.53 Å². The van der Waals surface area contributed by atoms with E-state index in [9.17, 15) is 9.18 Å². The molecule has 2 rings (SSSR count). The number of aliphatic hydroxyl groups is 1. The zero-order valence-electron chi connectivity index (χ0n) is 13.3. The van der Waals surface area contributed by atoms with Gasteiger partial charge in [-0.25, -0.2) is 9.18 Å². The maximum atomic E-state index is 13.7. The second kappa shape index (κ2) is 8.12. The summed E-state index contributed by atoms with van der Waals surface area (Å²) in [5.41, 5.74) is 0.489. The average molecular weight is 332 g/mol. The van der Waals surface area contributed by atoms with Crippen LogP contribution in [0.25, 0.3) is 5.57 Å². The lowest BCUT2D eigenvalue weighted by atomic mass is 10.0. The molecular weight excluding hydrogens is 315 g/mol. The molecule has 0 aliphatic carbocycles. The fraction of sp³-hybridized carbons (Fsp3) is 0.167. The van der Waals surface area contributed by atoms with Gasteiger partial charge in [-0.3, -0.25) is 0 Å². The van der Waals surface area contributed by atoms with E-state index in [0.717, 1.165) is 0 Å². The smallest absolute Gasteiger partial charge is 0.338 e. The van der Waals surface area contributed by atoms with Crippen molar-refractivity contribution in [2.75, 3.05) is 20.8 Å². The lowest BCUT2D eigenvalue weighted by Crippen LogP contribution is -2.06. The van der Waals surface area contributed by atoms with Crippen LogP contribution in [0.3, 0.4) is 0 Å². The van der Waals surface area contributed by atoms with Gasteiger partial charge < -0.3 is 19.3 Å². The zero-order valence-corrected chi connectivity index (χ0v) is 13.3. The monoisotopic (exact) mass is 332 g/mol. The van der Waals surface area contributed by atoms with Gasteiger partial charge in [0.05, 0.1) is 26.4 Å². The first-order valence-electron chi connectivity index (χ1n) is 7.10. The molecule has 0 radical (unpaired) electrons. The van der Waals surface area contributed by atoms with Gasteiger partial charge in [0.2, 0.25) is 0 Å². The number of carbonyl (C=O) groups is 1. The third kappa shape index (κ3) is 3.91. The van der Waals surface area contributed by atoms with Crippen molar-refractivity contribution in [1.29, 1.82) is 0 Å². The minimum absolute atomic E-state index is 0.0550. The number of para-hydroxylation sites is 1. The molecule has 0 fully saturated rings. The molecule has 0 spiro atoms. The van der Waals surface area contributed by atoms with Crippen molar-refractivity contribution >= 4 is 11.5 Å². The SMILES string of the molecule is COC(=O)/C(=C/CO)c1cc(Oc2ccccc2F)ccc1OC. The number of carbonyl (C=O) groups excluding carboxylic acids is 1. The van der Waals surface area contributed by atoms with Crippen LogP contribution in [0.5, 0.6) is 17.2 Å². The number of methoxy groups -OCH3 is 2. The first-order chi connectivity index (χ1) is 11.6. The molecule has 24 heavy (non-hydrogen) atoms. The first kappa shape index (κ1) is 17.5. The summed E-state index contributed by atoms with van der Waals surface area (Å²) < 4.78 is 29.2. The van der Waals surface area contributed by atoms with Crippen LogP contribution < -0.4 is 9.47 Å². The highest BCUT2D eigenvalue weighted by molar-refractivity contribution is 6.17. The molecule has 1 N–H and O–H groups in total. The summed E-state index contributed by atoms with van der Waals surface area (Å²) in [5.74, 6) is -0.386. The molecule has 5 nitrogen and oxygen atoms in total. The maximum absolute atomic E-state index is 13.7. The second-order valence-corrected chi connectivity index (χ2v) is 4.69. The van der Waals surface area contributed by atoms with Crippen LogP contribution >= 0.6 is 0 Å². The van der Waals surface area contributed by atoms with Gasteiger partial charge in [-0.15, -0.1) is 0 Å². The Hall–Kier alpha value is -2.86. The van der Waals surface area contributed by atoms with E-state index in [1.54, 1.807) is 24.3 Å². The van der Waals surface area contributed by atoms with E-state index < -0.39 is 11.8 Å². The molecule has 0 unspecified atom stereocenters. The summed E-state index contributed by atoms with van der Waals surface area (Å²) >= 11 is 0. The first-order valence-corrected chi connectivity index (χ1v) is 7.10. The molecule has 6 heteroatoms. The highest BCUT2D eigenvalue weighted by Gasteiger charge is 2.18. The number of aliphatic hydroxyl groups excluding tert-OH is 1. The number of benzene rings is 2. The Bertz CT molecular complexity index is 755. The van der Waals surface area contributed by atoms with Crippen molar-refractivity contribution in [3.05, 3.63) is 59.9 Å². The Morgan fingerprint density at radius 2 is 1.92 bits per heavy atom. The summed E-state index contributed by atoms with van der Waals surface area (Å²) in [7, 11) is 2.68. The van der Waals surface area contributed by atoms with E-state index in [2.05, 4.69) is 0 Å². The van der Waals surface area contributed by atoms with E-state index in [-0.39, 0.29) is 17.9 Å². The van der Waals surface area contributed by atoms with Crippen LogP contribution in [0.15, 0.2) is 48.5 Å². The highest BCUT2D eigenvalue weighted by atomic mass is 19.1. The van der Waals surface area contributed by atoms with E-state index in [1.165, 1.54) is 38.5 Å². The Morgan fingerprint density at radius 3 is 2.54 bits per heavy atom. The zero-order chi connectivity index (χ0) is 17.5. The molecular formula is C18H17FO5. The van der Waals surface area contributed by atoms with Gasteiger partial charge in [0.1, 0.15) is 11.5 Å². The normalized spacial score (nSPS) is 11.1. The van der Waals surface area contributed by atoms with Crippen LogP contribution in [0.1, 0.15) is 5.56 Å². The lowest BCUT2D eigenvalue weighted by molar-refractivity contribution is -0.133. The quantitative estimate of drug-likeness (QED) is 0.650. The Morgan fingerprint density at radius 1 is 1.17 bits per heavy atom. The van der Waals surface area contributed by atoms with Crippen molar-refractivity contribution in [2.24, 2.45) is 0 Å². The van der Waals surface area contributed by atoms with Crippen molar-refractivity contribution in [3.8, 4) is 17.2 Å². The fourth-order valence-electron chi connectivity index (χ4n) is 2.12. The number of esters is 1. The summed E-state index contributed by atoms with van der Waals surface area (Å²) in [4.78, 5) is 11.9. The molecule has 0 atom stereocenters. The largest absolute Gasteiger partial charge is 0.496 e. The predicted octanol–water partition coefficient (Wildman–Crippen LogP) is 3.18. The molecule has 0 amide bonds. The molecule has 2 aromatic carbocycles. The molecule has 0 saturated carbocycles. The van der Waals surface area contributed by atoms with Gasteiger partial charge in [-0.1, -0.05) is 12.1 Å². The van der Waals surface area contributed by atoms with Crippen molar-refractivity contribution in [2.45, 2.75) is 0 Å². The molecule has 0 heterocycles. The van der Waals surface area contributed by atoms with Crippen molar-refractivity contribution in [3.63, 3.8) is 0 Å². The molecule has 2 aromatic rings. The van der Waals surface area contributed by atoms with Gasteiger partial charge in [-0.05, 0) is 36.4 Å². The van der Waals surface area contributed by atoms with Gasteiger partial charge in [0.25, 0.3) is 0 Å².